The maximum absolute atomic E-state index is 13.1. The molecule has 2 atom stereocenters. The number of allylic oxidation sites excluding steroid dienone is 3. The number of carbonyl (C=O) groups excluding carboxylic acids is 2. The predicted molar refractivity (Wildman–Crippen MR) is 83.9 cm³/mol. The molecule has 0 radical (unpaired) electrons. The summed E-state index contributed by atoms with van der Waals surface area (Å²) in [7, 11) is 0. The van der Waals surface area contributed by atoms with Crippen molar-refractivity contribution in [3.8, 4) is 0 Å². The Morgan fingerprint density at radius 3 is 2.87 bits per heavy atom. The number of aliphatic hydroxyl groups is 1. The number of hydrogen-bond donors (Lipinski definition) is 1. The van der Waals surface area contributed by atoms with E-state index in [0.29, 0.717) is 24.1 Å². The molecule has 116 valence electrons. The van der Waals surface area contributed by atoms with E-state index < -0.39 is 11.3 Å². The summed E-state index contributed by atoms with van der Waals surface area (Å²) in [6, 6.07) is 7.12. The van der Waals surface area contributed by atoms with E-state index >= 15 is 0 Å². The van der Waals surface area contributed by atoms with E-state index in [1.165, 1.54) is 11.8 Å². The van der Waals surface area contributed by atoms with Gasteiger partial charge in [0.05, 0.1) is 11.1 Å². The summed E-state index contributed by atoms with van der Waals surface area (Å²) in [5.74, 6) is -1.46. The maximum Gasteiger partial charge on any atom is 0.387 e. The lowest BCUT2D eigenvalue weighted by atomic mass is 9.64. The molecule has 2 aliphatic rings. The SMILES string of the molecule is CC(=O)N1C(=O)[C@@]2(CC=CC[C@H]2/C(O)=C/[N+]#N)c2ccccc21. The summed E-state index contributed by atoms with van der Waals surface area (Å²) < 4.78 is 0. The third-order valence-corrected chi connectivity index (χ3v) is 4.65. The molecule has 2 amide bonds. The number of rotatable bonds is 1. The van der Waals surface area contributed by atoms with E-state index in [0.717, 1.165) is 6.20 Å². The van der Waals surface area contributed by atoms with E-state index in [4.69, 9.17) is 5.39 Å². The Labute approximate surface area is 133 Å². The fraction of sp³-hybridized carbons (Fsp3) is 0.294. The zero-order valence-corrected chi connectivity index (χ0v) is 12.6. The van der Waals surface area contributed by atoms with Crippen LogP contribution < -0.4 is 4.90 Å². The highest BCUT2D eigenvalue weighted by Crippen LogP contribution is 2.53. The quantitative estimate of drug-likeness (QED) is 0.491. The second-order valence-corrected chi connectivity index (χ2v) is 5.78. The highest BCUT2D eigenvalue weighted by Gasteiger charge is 2.58. The summed E-state index contributed by atoms with van der Waals surface area (Å²) >= 11 is 0. The molecule has 0 bridgehead atoms. The molecule has 1 aromatic rings. The van der Waals surface area contributed by atoms with Gasteiger partial charge in [0, 0.05) is 12.8 Å². The molecule has 0 saturated carbocycles. The van der Waals surface area contributed by atoms with Crippen molar-refractivity contribution in [3.63, 3.8) is 0 Å². The van der Waals surface area contributed by atoms with Crippen LogP contribution in [0.4, 0.5) is 5.69 Å². The molecule has 1 aliphatic carbocycles. The van der Waals surface area contributed by atoms with Crippen LogP contribution in [0.2, 0.25) is 0 Å². The molecule has 0 fully saturated rings. The molecule has 6 heteroatoms. The molecular weight excluding hydrogens is 294 g/mol. The topological polar surface area (TPSA) is 85.8 Å². The van der Waals surface area contributed by atoms with Crippen LogP contribution in [0.3, 0.4) is 0 Å². The fourth-order valence-electron chi connectivity index (χ4n) is 3.68. The average molecular weight is 310 g/mol. The Kier molecular flexibility index (Phi) is 3.49. The highest BCUT2D eigenvalue weighted by atomic mass is 16.3. The van der Waals surface area contributed by atoms with E-state index in [9.17, 15) is 14.7 Å². The molecule has 1 N–H and O–H groups in total. The second-order valence-electron chi connectivity index (χ2n) is 5.78. The van der Waals surface area contributed by atoms with E-state index in [1.807, 2.05) is 24.3 Å². The molecule has 23 heavy (non-hydrogen) atoms. The number of anilines is 1. The molecule has 0 unspecified atom stereocenters. The minimum absolute atomic E-state index is 0.176. The number of benzene rings is 1. The fourth-order valence-corrected chi connectivity index (χ4v) is 3.68. The number of diazo groups is 1. The van der Waals surface area contributed by atoms with E-state index in [2.05, 4.69) is 4.98 Å². The van der Waals surface area contributed by atoms with Gasteiger partial charge in [0.1, 0.15) is 0 Å². The van der Waals surface area contributed by atoms with Crippen molar-refractivity contribution >= 4 is 17.5 Å². The first-order chi connectivity index (χ1) is 11.0. The lowest BCUT2D eigenvalue weighted by Gasteiger charge is -2.36. The van der Waals surface area contributed by atoms with Gasteiger partial charge in [0.15, 0.2) is 10.7 Å². The zero-order valence-electron chi connectivity index (χ0n) is 12.6. The summed E-state index contributed by atoms with van der Waals surface area (Å²) in [6.07, 6.45) is 5.50. The van der Waals surface area contributed by atoms with Gasteiger partial charge in [0.2, 0.25) is 17.2 Å². The molecular formula is C17H16N3O3+. The minimum Gasteiger partial charge on any atom is -0.505 e. The first kappa shape index (κ1) is 15.0. The third kappa shape index (κ3) is 1.97. The number of imide groups is 1. The van der Waals surface area contributed by atoms with Gasteiger partial charge < -0.3 is 5.11 Å². The van der Waals surface area contributed by atoms with Crippen LogP contribution in [-0.2, 0) is 15.0 Å². The van der Waals surface area contributed by atoms with Crippen LogP contribution in [0.15, 0.2) is 48.4 Å². The smallest absolute Gasteiger partial charge is 0.387 e. The van der Waals surface area contributed by atoms with Gasteiger partial charge in [0.25, 0.3) is 0 Å². The molecule has 6 nitrogen and oxygen atoms in total. The molecule has 0 saturated heterocycles. The van der Waals surface area contributed by atoms with Crippen molar-refractivity contribution in [2.45, 2.75) is 25.2 Å². The van der Waals surface area contributed by atoms with Crippen molar-refractivity contribution in [1.29, 1.82) is 5.39 Å². The number of carbonyl (C=O) groups is 2. The summed E-state index contributed by atoms with van der Waals surface area (Å²) in [6.45, 7) is 1.35. The largest absolute Gasteiger partial charge is 0.505 e. The number of nitrogens with zero attached hydrogens (tertiary/aromatic N) is 3. The lowest BCUT2D eigenvalue weighted by Crippen LogP contribution is -2.48. The Morgan fingerprint density at radius 2 is 2.17 bits per heavy atom. The predicted octanol–water partition coefficient (Wildman–Crippen LogP) is 3.04. The number of aliphatic hydroxyl groups excluding tert-OH is 1. The molecule has 1 aliphatic heterocycles. The average Bonchev–Trinajstić information content (AvgIpc) is 2.78. The number of fused-ring (bicyclic) bond motifs is 2. The van der Waals surface area contributed by atoms with Crippen LogP contribution in [0.25, 0.3) is 4.98 Å². The lowest BCUT2D eigenvalue weighted by molar-refractivity contribution is -0.129. The van der Waals surface area contributed by atoms with Gasteiger partial charge in [-0.25, -0.2) is 4.90 Å². The van der Waals surface area contributed by atoms with Gasteiger partial charge in [-0.2, -0.15) is 0 Å². The van der Waals surface area contributed by atoms with Crippen LogP contribution in [0.5, 0.6) is 0 Å². The third-order valence-electron chi connectivity index (χ3n) is 4.65. The molecule has 1 aromatic carbocycles. The summed E-state index contributed by atoms with van der Waals surface area (Å²) in [5, 5.41) is 19.0. The Morgan fingerprint density at radius 1 is 1.43 bits per heavy atom. The van der Waals surface area contributed by atoms with Crippen molar-refractivity contribution in [3.05, 3.63) is 58.9 Å². The number of amides is 2. The number of hydrogen-bond acceptors (Lipinski definition) is 4. The summed E-state index contributed by atoms with van der Waals surface area (Å²) in [4.78, 5) is 29.2. The minimum atomic E-state index is -1.05. The van der Waals surface area contributed by atoms with Crippen LogP contribution >= 0.6 is 0 Å². The Hall–Kier alpha value is -2.94. The molecule has 0 aromatic heterocycles. The van der Waals surface area contributed by atoms with Crippen LogP contribution in [0, 0.1) is 11.3 Å². The monoisotopic (exact) mass is 310 g/mol. The molecule has 1 spiro atoms. The first-order valence-electron chi connectivity index (χ1n) is 7.37. The molecule has 3 rings (SSSR count). The summed E-state index contributed by atoms with van der Waals surface area (Å²) in [5.41, 5.74) is 0.217. The van der Waals surface area contributed by atoms with E-state index in [1.54, 1.807) is 12.1 Å². The standard InChI is InChI=1S/C17H15N3O3/c1-11(21)20-14-8-3-2-6-12(14)17(16(20)23)9-5-4-7-13(17)15(22)10-19-18/h2-6,8,10,13H,7,9H2,1H3/p+1/b15-10-/t13-,17-/m0/s1. The second kappa shape index (κ2) is 5.36. The van der Waals surface area contributed by atoms with E-state index in [-0.39, 0.29) is 17.6 Å². The van der Waals surface area contributed by atoms with Crippen LogP contribution in [-0.4, -0.2) is 16.9 Å². The number of para-hydroxylation sites is 1. The van der Waals surface area contributed by atoms with Gasteiger partial charge in [-0.1, -0.05) is 30.4 Å². The van der Waals surface area contributed by atoms with Crippen molar-refractivity contribution < 1.29 is 14.7 Å². The highest BCUT2D eigenvalue weighted by molar-refractivity contribution is 6.22. The first-order valence-corrected chi connectivity index (χ1v) is 7.37. The zero-order chi connectivity index (χ0) is 16.6. The van der Waals surface area contributed by atoms with Crippen LogP contribution in [0.1, 0.15) is 25.3 Å². The van der Waals surface area contributed by atoms with Gasteiger partial charge in [-0.05, 0) is 24.5 Å². The normalized spacial score (nSPS) is 26.3. The van der Waals surface area contributed by atoms with Gasteiger partial charge >= 0.3 is 6.20 Å². The van der Waals surface area contributed by atoms with Gasteiger partial charge in [-0.3, -0.25) is 9.59 Å². The van der Waals surface area contributed by atoms with Crippen molar-refractivity contribution in [1.82, 2.24) is 0 Å². The maximum atomic E-state index is 13.1. The van der Waals surface area contributed by atoms with Gasteiger partial charge in [-0.15, -0.1) is 0 Å². The Bertz CT molecular complexity index is 791. The Balaban J connectivity index is 2.26. The van der Waals surface area contributed by atoms with Crippen molar-refractivity contribution in [2.75, 3.05) is 4.90 Å². The van der Waals surface area contributed by atoms with Crippen molar-refractivity contribution in [2.24, 2.45) is 5.92 Å². The molecule has 1 heterocycles.